The molecule has 1 fully saturated rings. The summed E-state index contributed by atoms with van der Waals surface area (Å²) in [6.07, 6.45) is 7.61. The maximum atomic E-state index is 11.7. The molecule has 0 heterocycles. The van der Waals surface area contributed by atoms with Gasteiger partial charge in [0, 0.05) is 12.8 Å². The molecule has 1 rings (SSSR count). The lowest BCUT2D eigenvalue weighted by atomic mass is 9.86. The van der Waals surface area contributed by atoms with Crippen LogP contribution in [0.1, 0.15) is 64.7 Å². The average Bonchev–Trinajstić information content (AvgIpc) is 2.34. The Hall–Kier alpha value is -1.06. The summed E-state index contributed by atoms with van der Waals surface area (Å²) in [6, 6.07) is 0. The second kappa shape index (κ2) is 7.39. The van der Waals surface area contributed by atoms with Gasteiger partial charge >= 0.3 is 11.9 Å². The van der Waals surface area contributed by atoms with Gasteiger partial charge in [-0.1, -0.05) is 6.42 Å². The zero-order valence-corrected chi connectivity index (χ0v) is 11.5. The molecule has 104 valence electrons. The predicted octanol–water partition coefficient (Wildman–Crippen LogP) is 2.99. The Morgan fingerprint density at radius 2 is 1.56 bits per heavy atom. The van der Waals surface area contributed by atoms with Crippen LogP contribution in [0.2, 0.25) is 0 Å². The maximum Gasteiger partial charge on any atom is 0.306 e. The molecule has 4 nitrogen and oxygen atoms in total. The van der Waals surface area contributed by atoms with Gasteiger partial charge in [0.2, 0.25) is 0 Å². The first kappa shape index (κ1) is 15.0. The number of hydrogen-bond donors (Lipinski definition) is 0. The van der Waals surface area contributed by atoms with Gasteiger partial charge in [-0.05, 0) is 45.4 Å². The average molecular weight is 256 g/mol. The van der Waals surface area contributed by atoms with Gasteiger partial charge in [0.1, 0.15) is 5.60 Å². The monoisotopic (exact) mass is 256 g/mol. The molecule has 4 heteroatoms. The van der Waals surface area contributed by atoms with Crippen LogP contribution in [-0.4, -0.2) is 24.6 Å². The van der Waals surface area contributed by atoms with Gasteiger partial charge in [0.05, 0.1) is 7.11 Å². The molecule has 0 radical (unpaired) electrons. The minimum absolute atomic E-state index is 0.135. The van der Waals surface area contributed by atoms with Crippen molar-refractivity contribution in [2.24, 2.45) is 0 Å². The van der Waals surface area contributed by atoms with Crippen molar-refractivity contribution in [3.8, 4) is 0 Å². The van der Waals surface area contributed by atoms with E-state index in [-0.39, 0.29) is 17.5 Å². The first-order valence-electron chi connectivity index (χ1n) is 6.84. The minimum Gasteiger partial charge on any atom is -0.469 e. The summed E-state index contributed by atoms with van der Waals surface area (Å²) < 4.78 is 10.1. The van der Waals surface area contributed by atoms with E-state index in [1.165, 1.54) is 13.5 Å². The van der Waals surface area contributed by atoms with Crippen LogP contribution in [0.4, 0.5) is 0 Å². The predicted molar refractivity (Wildman–Crippen MR) is 68.1 cm³/mol. The van der Waals surface area contributed by atoms with Crippen molar-refractivity contribution in [2.45, 2.75) is 70.3 Å². The van der Waals surface area contributed by atoms with Gasteiger partial charge in [-0.3, -0.25) is 9.59 Å². The van der Waals surface area contributed by atoms with Gasteiger partial charge in [-0.2, -0.15) is 0 Å². The van der Waals surface area contributed by atoms with E-state index < -0.39 is 0 Å². The summed E-state index contributed by atoms with van der Waals surface area (Å²) in [7, 11) is 1.38. The second-order valence-corrected chi connectivity index (χ2v) is 5.27. The van der Waals surface area contributed by atoms with E-state index in [0.717, 1.165) is 25.7 Å². The van der Waals surface area contributed by atoms with E-state index >= 15 is 0 Å². The number of carbonyl (C=O) groups excluding carboxylic acids is 2. The maximum absolute atomic E-state index is 11.7. The first-order chi connectivity index (χ1) is 8.56. The van der Waals surface area contributed by atoms with Crippen molar-refractivity contribution in [2.75, 3.05) is 7.11 Å². The molecule has 0 bridgehead atoms. The smallest absolute Gasteiger partial charge is 0.306 e. The highest BCUT2D eigenvalue weighted by molar-refractivity contribution is 5.70. The molecule has 18 heavy (non-hydrogen) atoms. The molecule has 0 amide bonds. The third-order valence-corrected chi connectivity index (χ3v) is 3.51. The Kier molecular flexibility index (Phi) is 6.16. The highest BCUT2D eigenvalue weighted by Crippen LogP contribution is 2.31. The summed E-state index contributed by atoms with van der Waals surface area (Å²) >= 11 is 0. The Morgan fingerprint density at radius 1 is 1.00 bits per heavy atom. The van der Waals surface area contributed by atoms with Crippen LogP contribution in [0.25, 0.3) is 0 Å². The molecule has 0 aromatic heterocycles. The number of esters is 2. The summed E-state index contributed by atoms with van der Waals surface area (Å²) in [5.41, 5.74) is -0.252. The SMILES string of the molecule is COC(=O)CCCCC(=O)OC1(C)CCCCC1. The van der Waals surface area contributed by atoms with Crippen LogP contribution in [0.5, 0.6) is 0 Å². The Labute approximate surface area is 109 Å². The van der Waals surface area contributed by atoms with Crippen molar-refractivity contribution in [3.05, 3.63) is 0 Å². The number of ether oxygens (including phenoxy) is 2. The highest BCUT2D eigenvalue weighted by atomic mass is 16.6. The van der Waals surface area contributed by atoms with Gasteiger partial charge in [0.25, 0.3) is 0 Å². The third kappa shape index (κ3) is 5.52. The molecule has 0 unspecified atom stereocenters. The number of methoxy groups -OCH3 is 1. The van der Waals surface area contributed by atoms with E-state index in [2.05, 4.69) is 4.74 Å². The van der Waals surface area contributed by atoms with E-state index in [4.69, 9.17) is 4.74 Å². The van der Waals surface area contributed by atoms with Crippen LogP contribution in [0.3, 0.4) is 0 Å². The van der Waals surface area contributed by atoms with Crippen LogP contribution in [-0.2, 0) is 19.1 Å². The molecule has 0 aliphatic heterocycles. The van der Waals surface area contributed by atoms with Crippen molar-refractivity contribution < 1.29 is 19.1 Å². The van der Waals surface area contributed by atoms with Gasteiger partial charge < -0.3 is 9.47 Å². The van der Waals surface area contributed by atoms with Crippen molar-refractivity contribution >= 4 is 11.9 Å². The van der Waals surface area contributed by atoms with E-state index in [9.17, 15) is 9.59 Å². The lowest BCUT2D eigenvalue weighted by Crippen LogP contribution is -2.33. The molecule has 0 aromatic rings. The molecule has 1 aliphatic rings. The first-order valence-corrected chi connectivity index (χ1v) is 6.84. The van der Waals surface area contributed by atoms with Crippen LogP contribution in [0.15, 0.2) is 0 Å². The van der Waals surface area contributed by atoms with E-state index in [1.807, 2.05) is 6.92 Å². The molecular formula is C14H24O4. The van der Waals surface area contributed by atoms with Gasteiger partial charge in [-0.25, -0.2) is 0 Å². The molecule has 1 aliphatic carbocycles. The topological polar surface area (TPSA) is 52.6 Å². The molecule has 0 aromatic carbocycles. The Balaban J connectivity index is 2.15. The van der Waals surface area contributed by atoms with Crippen LogP contribution in [0, 0.1) is 0 Å². The lowest BCUT2D eigenvalue weighted by Gasteiger charge is -2.33. The van der Waals surface area contributed by atoms with Gasteiger partial charge in [0.15, 0.2) is 0 Å². The zero-order chi connectivity index (χ0) is 13.4. The van der Waals surface area contributed by atoms with Crippen molar-refractivity contribution in [3.63, 3.8) is 0 Å². The Bertz CT molecular complexity index is 280. The summed E-state index contributed by atoms with van der Waals surface area (Å²) in [4.78, 5) is 22.6. The number of rotatable bonds is 6. The third-order valence-electron chi connectivity index (χ3n) is 3.51. The molecule has 0 saturated heterocycles. The number of hydrogen-bond acceptors (Lipinski definition) is 4. The standard InChI is InChI=1S/C14H24O4/c1-14(10-6-3-7-11-14)18-13(16)9-5-4-8-12(15)17-2/h3-11H2,1-2H3. The zero-order valence-electron chi connectivity index (χ0n) is 11.5. The molecule has 1 saturated carbocycles. The number of unbranched alkanes of at least 4 members (excludes halogenated alkanes) is 1. The fraction of sp³-hybridized carbons (Fsp3) is 0.857. The van der Waals surface area contributed by atoms with E-state index in [0.29, 0.717) is 25.7 Å². The fourth-order valence-electron chi connectivity index (χ4n) is 2.37. The van der Waals surface area contributed by atoms with Crippen LogP contribution < -0.4 is 0 Å². The molecule has 0 N–H and O–H groups in total. The summed E-state index contributed by atoms with van der Waals surface area (Å²) in [5.74, 6) is -0.355. The largest absolute Gasteiger partial charge is 0.469 e. The summed E-state index contributed by atoms with van der Waals surface area (Å²) in [5, 5.41) is 0. The quantitative estimate of drug-likeness (QED) is 0.541. The highest BCUT2D eigenvalue weighted by Gasteiger charge is 2.30. The van der Waals surface area contributed by atoms with Gasteiger partial charge in [-0.15, -0.1) is 0 Å². The minimum atomic E-state index is -0.252. The fourth-order valence-corrected chi connectivity index (χ4v) is 2.37. The van der Waals surface area contributed by atoms with Crippen molar-refractivity contribution in [1.29, 1.82) is 0 Å². The van der Waals surface area contributed by atoms with Crippen LogP contribution >= 0.6 is 0 Å². The van der Waals surface area contributed by atoms with Crippen molar-refractivity contribution in [1.82, 2.24) is 0 Å². The Morgan fingerprint density at radius 3 is 2.11 bits per heavy atom. The molecular weight excluding hydrogens is 232 g/mol. The van der Waals surface area contributed by atoms with E-state index in [1.54, 1.807) is 0 Å². The normalized spacial score (nSPS) is 18.1. The second-order valence-electron chi connectivity index (χ2n) is 5.27. The lowest BCUT2D eigenvalue weighted by molar-refractivity contribution is -0.161. The molecule has 0 atom stereocenters. The summed E-state index contributed by atoms with van der Waals surface area (Å²) in [6.45, 7) is 2.03. The molecule has 0 spiro atoms. The number of carbonyl (C=O) groups is 2.